The van der Waals surface area contributed by atoms with Crippen LogP contribution in [0.5, 0.6) is 5.75 Å². The summed E-state index contributed by atoms with van der Waals surface area (Å²) in [5.74, 6) is -1.62. The van der Waals surface area contributed by atoms with Crippen LogP contribution in [-0.2, 0) is 4.74 Å². The summed E-state index contributed by atoms with van der Waals surface area (Å²) >= 11 is 0. The van der Waals surface area contributed by atoms with Crippen LogP contribution in [0.4, 0.5) is 10.5 Å². The maximum atomic E-state index is 12.2. The largest absolute Gasteiger partial charge is 0.507 e. The van der Waals surface area contributed by atoms with Crippen molar-refractivity contribution in [3.63, 3.8) is 0 Å². The van der Waals surface area contributed by atoms with Crippen LogP contribution in [0.2, 0.25) is 0 Å². The molecule has 21 heavy (non-hydrogen) atoms. The Hall–Kier alpha value is -2.28. The molecule has 0 aromatic heterocycles. The van der Waals surface area contributed by atoms with Crippen LogP contribution in [0.1, 0.15) is 24.2 Å². The average molecular weight is 296 g/mol. The molecule has 0 aliphatic heterocycles. The van der Waals surface area contributed by atoms with E-state index in [0.29, 0.717) is 18.8 Å². The number of carboxylic acid groups (broad SMARTS) is 1. The van der Waals surface area contributed by atoms with Crippen molar-refractivity contribution < 1.29 is 24.5 Å². The van der Waals surface area contributed by atoms with Crippen molar-refractivity contribution in [2.45, 2.75) is 19.9 Å². The van der Waals surface area contributed by atoms with E-state index in [2.05, 4.69) is 5.32 Å². The number of aromatic carboxylic acids is 1. The zero-order valence-electron chi connectivity index (χ0n) is 12.3. The first-order chi connectivity index (χ1) is 9.90. The van der Waals surface area contributed by atoms with E-state index in [1.54, 1.807) is 12.0 Å². The van der Waals surface area contributed by atoms with E-state index in [9.17, 15) is 14.7 Å². The van der Waals surface area contributed by atoms with Crippen molar-refractivity contribution in [3.05, 3.63) is 23.8 Å². The molecule has 116 valence electrons. The number of nitrogens with one attached hydrogen (secondary N) is 1. The van der Waals surface area contributed by atoms with Crippen LogP contribution in [0.3, 0.4) is 0 Å². The fourth-order valence-electron chi connectivity index (χ4n) is 1.97. The fraction of sp³-hybridized carbons (Fsp3) is 0.429. The third-order valence-corrected chi connectivity index (χ3v) is 3.02. The van der Waals surface area contributed by atoms with Crippen molar-refractivity contribution in [3.8, 4) is 5.75 Å². The molecule has 2 amide bonds. The number of anilines is 1. The molecular formula is C14H20N2O5. The van der Waals surface area contributed by atoms with Crippen LogP contribution in [0.15, 0.2) is 18.2 Å². The first-order valence-corrected chi connectivity index (χ1v) is 6.53. The topological polar surface area (TPSA) is 99.1 Å². The molecule has 0 aliphatic rings. The Morgan fingerprint density at radius 1 is 1.43 bits per heavy atom. The summed E-state index contributed by atoms with van der Waals surface area (Å²) < 4.78 is 5.02. The summed E-state index contributed by atoms with van der Waals surface area (Å²) in [4.78, 5) is 24.5. The molecule has 3 N–H and O–H groups in total. The van der Waals surface area contributed by atoms with Crippen molar-refractivity contribution in [1.29, 1.82) is 0 Å². The number of ether oxygens (including phenoxy) is 1. The van der Waals surface area contributed by atoms with E-state index in [1.165, 1.54) is 18.2 Å². The second-order valence-electron chi connectivity index (χ2n) is 4.56. The number of benzene rings is 1. The Morgan fingerprint density at radius 3 is 2.57 bits per heavy atom. The summed E-state index contributed by atoms with van der Waals surface area (Å²) in [5.41, 5.74) is 0.110. The number of carbonyl (C=O) groups excluding carboxylic acids is 1. The lowest BCUT2D eigenvalue weighted by Gasteiger charge is -2.27. The molecule has 0 bridgehead atoms. The highest BCUT2D eigenvalue weighted by molar-refractivity contribution is 5.94. The lowest BCUT2D eigenvalue weighted by Crippen LogP contribution is -2.43. The van der Waals surface area contributed by atoms with Gasteiger partial charge >= 0.3 is 12.0 Å². The molecule has 7 nitrogen and oxygen atoms in total. The van der Waals surface area contributed by atoms with Gasteiger partial charge in [-0.25, -0.2) is 9.59 Å². The molecule has 0 radical (unpaired) electrons. The second kappa shape index (κ2) is 7.49. The van der Waals surface area contributed by atoms with Gasteiger partial charge in [0, 0.05) is 25.4 Å². The summed E-state index contributed by atoms with van der Waals surface area (Å²) in [7, 11) is 1.56. The van der Waals surface area contributed by atoms with Crippen molar-refractivity contribution in [2.75, 3.05) is 25.6 Å². The summed E-state index contributed by atoms with van der Waals surface area (Å²) in [6, 6.07) is 3.42. The predicted molar refractivity (Wildman–Crippen MR) is 77.8 cm³/mol. The standard InChI is InChI=1S/C14H20N2O5/c1-4-16(9(2)8-21-3)14(20)15-10-5-6-11(13(18)19)12(17)7-10/h5-7,9,17H,4,8H2,1-3H3,(H,15,20)(H,18,19). The number of hydrogen-bond donors (Lipinski definition) is 3. The Labute approximate surface area is 123 Å². The summed E-state index contributed by atoms with van der Waals surface area (Å²) in [6.45, 7) is 4.61. The van der Waals surface area contributed by atoms with Gasteiger partial charge in [0.05, 0.1) is 12.6 Å². The predicted octanol–water partition coefficient (Wildman–Crippen LogP) is 1.98. The second-order valence-corrected chi connectivity index (χ2v) is 4.56. The molecule has 7 heteroatoms. The highest BCUT2D eigenvalue weighted by Crippen LogP contribution is 2.22. The Bertz CT molecular complexity index is 518. The minimum Gasteiger partial charge on any atom is -0.507 e. The highest BCUT2D eigenvalue weighted by Gasteiger charge is 2.19. The van der Waals surface area contributed by atoms with Gasteiger partial charge < -0.3 is 25.2 Å². The van der Waals surface area contributed by atoms with E-state index < -0.39 is 11.7 Å². The number of likely N-dealkylation sites (N-methyl/N-ethyl adjacent to an activating group) is 1. The third kappa shape index (κ3) is 4.35. The molecule has 1 aromatic rings. The van der Waals surface area contributed by atoms with Gasteiger partial charge in [0.1, 0.15) is 11.3 Å². The number of nitrogens with zero attached hydrogens (tertiary/aromatic N) is 1. The van der Waals surface area contributed by atoms with Gasteiger partial charge in [-0.05, 0) is 26.0 Å². The zero-order valence-corrected chi connectivity index (χ0v) is 12.3. The van der Waals surface area contributed by atoms with Crippen LogP contribution in [-0.4, -0.2) is 53.4 Å². The van der Waals surface area contributed by atoms with Gasteiger partial charge in [-0.3, -0.25) is 0 Å². The monoisotopic (exact) mass is 296 g/mol. The fourth-order valence-corrected chi connectivity index (χ4v) is 1.97. The van der Waals surface area contributed by atoms with Gasteiger partial charge in [-0.2, -0.15) is 0 Å². The number of methoxy groups -OCH3 is 1. The van der Waals surface area contributed by atoms with E-state index in [-0.39, 0.29) is 17.6 Å². The maximum Gasteiger partial charge on any atom is 0.339 e. The normalized spacial score (nSPS) is 11.8. The molecule has 1 rings (SSSR count). The smallest absolute Gasteiger partial charge is 0.339 e. The number of urea groups is 1. The van der Waals surface area contributed by atoms with Gasteiger partial charge in [0.15, 0.2) is 0 Å². The van der Waals surface area contributed by atoms with Crippen molar-refractivity contribution in [1.82, 2.24) is 4.90 Å². The molecule has 0 aliphatic carbocycles. The van der Waals surface area contributed by atoms with Gasteiger partial charge in [0.2, 0.25) is 0 Å². The SMILES string of the molecule is CCN(C(=O)Nc1ccc(C(=O)O)c(O)c1)C(C)COC. The summed E-state index contributed by atoms with van der Waals surface area (Å²) in [5, 5.41) is 21.0. The van der Waals surface area contributed by atoms with Gasteiger partial charge in [-0.1, -0.05) is 0 Å². The number of aromatic hydroxyl groups is 1. The molecule has 0 spiro atoms. The molecule has 0 fully saturated rings. The Kier molecular flexibility index (Phi) is 5.98. The maximum absolute atomic E-state index is 12.2. The molecule has 0 saturated heterocycles. The first-order valence-electron chi connectivity index (χ1n) is 6.53. The minimum atomic E-state index is -1.23. The first kappa shape index (κ1) is 16.8. The number of hydrogen-bond acceptors (Lipinski definition) is 4. The van der Waals surface area contributed by atoms with E-state index in [4.69, 9.17) is 9.84 Å². The van der Waals surface area contributed by atoms with Crippen molar-refractivity contribution >= 4 is 17.7 Å². The quantitative estimate of drug-likeness (QED) is 0.745. The van der Waals surface area contributed by atoms with Crippen LogP contribution >= 0.6 is 0 Å². The third-order valence-electron chi connectivity index (χ3n) is 3.02. The summed E-state index contributed by atoms with van der Waals surface area (Å²) in [6.07, 6.45) is 0. The number of phenols is 1. The van der Waals surface area contributed by atoms with E-state index in [1.807, 2.05) is 13.8 Å². The molecule has 1 aromatic carbocycles. The highest BCUT2D eigenvalue weighted by atomic mass is 16.5. The number of carbonyl (C=O) groups is 2. The van der Waals surface area contributed by atoms with Crippen LogP contribution in [0, 0.1) is 0 Å². The average Bonchev–Trinajstić information content (AvgIpc) is 2.39. The molecule has 0 saturated carbocycles. The van der Waals surface area contributed by atoms with E-state index >= 15 is 0 Å². The Balaban J connectivity index is 2.82. The molecule has 1 unspecified atom stereocenters. The Morgan fingerprint density at radius 2 is 2.10 bits per heavy atom. The lowest BCUT2D eigenvalue weighted by molar-refractivity contribution is 0.0694. The number of rotatable bonds is 6. The van der Waals surface area contributed by atoms with E-state index in [0.717, 1.165) is 0 Å². The molecule has 0 heterocycles. The molecular weight excluding hydrogens is 276 g/mol. The minimum absolute atomic E-state index is 0.105. The van der Waals surface area contributed by atoms with Crippen LogP contribution < -0.4 is 5.32 Å². The number of amides is 2. The van der Waals surface area contributed by atoms with Gasteiger partial charge in [-0.15, -0.1) is 0 Å². The van der Waals surface area contributed by atoms with Gasteiger partial charge in [0.25, 0.3) is 0 Å². The number of carboxylic acids is 1. The van der Waals surface area contributed by atoms with Crippen LogP contribution in [0.25, 0.3) is 0 Å². The zero-order chi connectivity index (χ0) is 16.0. The molecule has 1 atom stereocenters. The lowest BCUT2D eigenvalue weighted by atomic mass is 10.2. The van der Waals surface area contributed by atoms with Crippen molar-refractivity contribution in [2.24, 2.45) is 0 Å².